The third kappa shape index (κ3) is 3.24. The standard InChI is InChI=1S/C19H16F3N4O3S/c1-3-30(28,29)16-7-12-10-26(27)5-4-11(12)6-13(16)18-24-14-8-17(19(20,21)22)23-9-15(14)25(18)2/h4-10,27H,3H2,1-2H3/q+1. The fourth-order valence-electron chi connectivity index (χ4n) is 3.28. The maximum atomic E-state index is 13.0. The van der Waals surface area contributed by atoms with Crippen molar-refractivity contribution in [3.8, 4) is 11.4 Å². The smallest absolute Gasteiger partial charge is 0.326 e. The molecule has 30 heavy (non-hydrogen) atoms. The molecule has 0 saturated carbocycles. The molecule has 4 rings (SSSR count). The van der Waals surface area contributed by atoms with Crippen LogP contribution in [0.5, 0.6) is 0 Å². The fraction of sp³-hybridized carbons (Fsp3) is 0.211. The van der Waals surface area contributed by atoms with Gasteiger partial charge in [-0.25, -0.2) is 18.4 Å². The molecular formula is C19H16F3N4O3S+. The maximum absolute atomic E-state index is 13.0. The highest BCUT2D eigenvalue weighted by molar-refractivity contribution is 7.91. The Morgan fingerprint density at radius 3 is 2.60 bits per heavy atom. The largest absolute Gasteiger partial charge is 0.433 e. The number of halogens is 3. The molecule has 0 unspecified atom stereocenters. The van der Waals surface area contributed by atoms with Crippen LogP contribution in [-0.2, 0) is 23.1 Å². The molecule has 3 heterocycles. The highest BCUT2D eigenvalue weighted by atomic mass is 32.2. The number of benzene rings is 1. The van der Waals surface area contributed by atoms with Crippen LogP contribution in [0, 0.1) is 0 Å². The maximum Gasteiger partial charge on any atom is 0.433 e. The SMILES string of the molecule is CCS(=O)(=O)c1cc2c[n+](O)ccc2cc1-c1nc2cc(C(F)(F)F)ncc2n1C. The lowest BCUT2D eigenvalue weighted by Gasteiger charge is -2.11. The molecule has 0 amide bonds. The first kappa shape index (κ1) is 20.1. The molecule has 7 nitrogen and oxygen atoms in total. The Bertz CT molecular complexity index is 1410. The lowest BCUT2D eigenvalue weighted by atomic mass is 10.1. The molecule has 1 N–H and O–H groups in total. The van der Waals surface area contributed by atoms with E-state index in [1.165, 1.54) is 30.0 Å². The lowest BCUT2D eigenvalue weighted by molar-refractivity contribution is -0.903. The fourth-order valence-corrected chi connectivity index (χ4v) is 4.39. The van der Waals surface area contributed by atoms with Crippen molar-refractivity contribution >= 4 is 31.6 Å². The Hall–Kier alpha value is -3.21. The van der Waals surface area contributed by atoms with Gasteiger partial charge in [-0.2, -0.15) is 13.2 Å². The summed E-state index contributed by atoms with van der Waals surface area (Å²) in [5.74, 6) is 0.0158. The molecule has 0 atom stereocenters. The number of fused-ring (bicyclic) bond motifs is 2. The predicted octanol–water partition coefficient (Wildman–Crippen LogP) is 3.13. The van der Waals surface area contributed by atoms with Crippen molar-refractivity contribution in [3.63, 3.8) is 0 Å². The van der Waals surface area contributed by atoms with Gasteiger partial charge in [-0.05, 0) is 23.6 Å². The van der Waals surface area contributed by atoms with E-state index in [0.29, 0.717) is 16.3 Å². The topological polar surface area (TPSA) is 89.0 Å². The zero-order valence-corrected chi connectivity index (χ0v) is 16.7. The number of rotatable bonds is 3. The summed E-state index contributed by atoms with van der Waals surface area (Å²) in [6.07, 6.45) is -0.805. The predicted molar refractivity (Wildman–Crippen MR) is 102 cm³/mol. The number of hydrogen-bond acceptors (Lipinski definition) is 5. The average molecular weight is 437 g/mol. The molecule has 0 aliphatic heterocycles. The summed E-state index contributed by atoms with van der Waals surface area (Å²) in [6, 6.07) is 5.45. The number of sulfone groups is 1. The molecule has 0 bridgehead atoms. The van der Waals surface area contributed by atoms with E-state index >= 15 is 0 Å². The van der Waals surface area contributed by atoms with E-state index in [1.807, 2.05) is 0 Å². The van der Waals surface area contributed by atoms with E-state index in [1.54, 1.807) is 19.2 Å². The Balaban J connectivity index is 2.05. The molecule has 11 heteroatoms. The molecule has 0 aliphatic carbocycles. The van der Waals surface area contributed by atoms with Gasteiger partial charge in [0.25, 0.3) is 0 Å². The van der Waals surface area contributed by atoms with Gasteiger partial charge in [0.1, 0.15) is 11.5 Å². The Labute approximate surface area is 168 Å². The van der Waals surface area contributed by atoms with Crippen LogP contribution < -0.4 is 4.73 Å². The van der Waals surface area contributed by atoms with E-state index in [-0.39, 0.29) is 27.6 Å². The number of nitrogens with zero attached hydrogens (tertiary/aromatic N) is 4. The monoisotopic (exact) mass is 437 g/mol. The minimum atomic E-state index is -4.62. The van der Waals surface area contributed by atoms with Crippen molar-refractivity contribution in [3.05, 3.63) is 48.5 Å². The van der Waals surface area contributed by atoms with Crippen molar-refractivity contribution in [1.29, 1.82) is 0 Å². The van der Waals surface area contributed by atoms with Crippen molar-refractivity contribution in [2.45, 2.75) is 18.0 Å². The quantitative estimate of drug-likeness (QED) is 0.393. The van der Waals surface area contributed by atoms with E-state index in [0.717, 1.165) is 17.0 Å². The molecule has 0 fully saturated rings. The molecule has 0 saturated heterocycles. The normalized spacial score (nSPS) is 12.7. The van der Waals surface area contributed by atoms with Crippen LogP contribution in [0.2, 0.25) is 0 Å². The minimum Gasteiger partial charge on any atom is -0.326 e. The second-order valence-electron chi connectivity index (χ2n) is 6.76. The number of alkyl halides is 3. The van der Waals surface area contributed by atoms with Crippen molar-refractivity contribution in [2.24, 2.45) is 7.05 Å². The van der Waals surface area contributed by atoms with Crippen LogP contribution in [0.15, 0.2) is 47.8 Å². The van der Waals surface area contributed by atoms with Crippen LogP contribution in [0.3, 0.4) is 0 Å². The first-order chi connectivity index (χ1) is 14.0. The van der Waals surface area contributed by atoms with E-state index in [2.05, 4.69) is 9.97 Å². The van der Waals surface area contributed by atoms with Gasteiger partial charge in [-0.1, -0.05) is 6.92 Å². The van der Waals surface area contributed by atoms with Gasteiger partial charge >= 0.3 is 6.18 Å². The molecule has 4 aromatic rings. The van der Waals surface area contributed by atoms with Crippen molar-refractivity contribution < 1.29 is 31.5 Å². The third-order valence-corrected chi connectivity index (χ3v) is 6.65. The molecule has 156 valence electrons. The van der Waals surface area contributed by atoms with Gasteiger partial charge in [-0.15, -0.1) is 0 Å². The average Bonchev–Trinajstić information content (AvgIpc) is 3.02. The lowest BCUT2D eigenvalue weighted by Crippen LogP contribution is -2.28. The zero-order chi connectivity index (χ0) is 21.8. The van der Waals surface area contributed by atoms with Crippen LogP contribution in [0.25, 0.3) is 33.2 Å². The van der Waals surface area contributed by atoms with Gasteiger partial charge in [0.05, 0.1) is 33.3 Å². The molecule has 0 aliphatic rings. The van der Waals surface area contributed by atoms with E-state index < -0.39 is 21.7 Å². The number of hydrogen-bond donors (Lipinski definition) is 1. The van der Waals surface area contributed by atoms with E-state index in [9.17, 15) is 26.8 Å². The first-order valence-electron chi connectivity index (χ1n) is 8.82. The zero-order valence-electron chi connectivity index (χ0n) is 15.8. The number of aromatic nitrogens is 4. The van der Waals surface area contributed by atoms with E-state index in [4.69, 9.17) is 0 Å². The van der Waals surface area contributed by atoms with Crippen LogP contribution in [0.1, 0.15) is 12.6 Å². The first-order valence-corrected chi connectivity index (χ1v) is 10.5. The number of imidazole rings is 1. The summed E-state index contributed by atoms with van der Waals surface area (Å²) in [4.78, 5) is 7.73. The summed E-state index contributed by atoms with van der Waals surface area (Å²) in [7, 11) is -2.12. The summed E-state index contributed by atoms with van der Waals surface area (Å²) in [6.45, 7) is 1.50. The van der Waals surface area contributed by atoms with Gasteiger partial charge in [-0.3, -0.25) is 5.21 Å². The van der Waals surface area contributed by atoms with Crippen molar-refractivity contribution in [1.82, 2.24) is 14.5 Å². The number of pyridine rings is 2. The second kappa shape index (κ2) is 6.66. The highest BCUT2D eigenvalue weighted by Crippen LogP contribution is 2.34. The Kier molecular flexibility index (Phi) is 4.46. The molecular weight excluding hydrogens is 421 g/mol. The summed E-state index contributed by atoms with van der Waals surface area (Å²) < 4.78 is 66.9. The summed E-state index contributed by atoms with van der Waals surface area (Å²) in [5.41, 5.74) is -0.436. The summed E-state index contributed by atoms with van der Waals surface area (Å²) in [5, 5.41) is 10.8. The van der Waals surface area contributed by atoms with Crippen LogP contribution >= 0.6 is 0 Å². The molecule has 0 spiro atoms. The molecule has 0 radical (unpaired) electrons. The minimum absolute atomic E-state index is 0.0221. The van der Waals surface area contributed by atoms with Gasteiger partial charge < -0.3 is 4.57 Å². The van der Waals surface area contributed by atoms with Crippen LogP contribution in [0.4, 0.5) is 13.2 Å². The van der Waals surface area contributed by atoms with Crippen LogP contribution in [-0.4, -0.2) is 33.9 Å². The third-order valence-electron chi connectivity index (χ3n) is 4.88. The van der Waals surface area contributed by atoms with Crippen molar-refractivity contribution in [2.75, 3.05) is 5.75 Å². The van der Waals surface area contributed by atoms with Gasteiger partial charge in [0.2, 0.25) is 12.4 Å². The molecule has 3 aromatic heterocycles. The Morgan fingerprint density at radius 2 is 1.93 bits per heavy atom. The molecule has 1 aromatic carbocycles. The highest BCUT2D eigenvalue weighted by Gasteiger charge is 2.33. The Morgan fingerprint density at radius 1 is 1.20 bits per heavy atom. The van der Waals surface area contributed by atoms with Gasteiger partial charge in [0.15, 0.2) is 9.84 Å². The second-order valence-corrected chi connectivity index (χ2v) is 9.00. The van der Waals surface area contributed by atoms with Gasteiger partial charge in [0, 0.05) is 23.4 Å². The number of aryl methyl sites for hydroxylation is 1. The summed E-state index contributed by atoms with van der Waals surface area (Å²) >= 11 is 0.